The highest BCUT2D eigenvalue weighted by atomic mass is 16.6. The highest BCUT2D eigenvalue weighted by Gasteiger charge is 2.17. The summed E-state index contributed by atoms with van der Waals surface area (Å²) in [5.41, 5.74) is 7.05. The first-order valence-electron chi connectivity index (χ1n) is 7.10. The van der Waals surface area contributed by atoms with Crippen molar-refractivity contribution in [2.45, 2.75) is 0 Å². The maximum atomic E-state index is 12.4. The number of H-pyrrole nitrogens is 1. The monoisotopic (exact) mass is 321 g/mol. The molecular weight excluding hydrogens is 310 g/mol. The van der Waals surface area contributed by atoms with Gasteiger partial charge in [-0.3, -0.25) is 14.9 Å². The lowest BCUT2D eigenvalue weighted by Gasteiger charge is -2.02. The Morgan fingerprint density at radius 1 is 1.17 bits per heavy atom. The number of aromatic amines is 1. The number of nitro groups is 1. The predicted octanol–water partition coefficient (Wildman–Crippen LogP) is 2.36. The number of hydrogen-bond acceptors (Lipinski definition) is 5. The summed E-state index contributed by atoms with van der Waals surface area (Å²) in [5.74, 6) is 0.220. The summed E-state index contributed by atoms with van der Waals surface area (Å²) in [6.45, 7) is 0. The van der Waals surface area contributed by atoms with Crippen molar-refractivity contribution in [1.82, 2.24) is 14.8 Å². The fraction of sp³-hybridized carbons (Fsp3) is 0. The molecule has 0 aliphatic carbocycles. The first-order chi connectivity index (χ1) is 11.6. The molecule has 0 radical (unpaired) electrons. The quantitative estimate of drug-likeness (QED) is 0.434. The number of aromatic nitrogens is 3. The van der Waals surface area contributed by atoms with Gasteiger partial charge in [0.2, 0.25) is 0 Å². The zero-order chi connectivity index (χ0) is 16.8. The fourth-order valence-corrected chi connectivity index (χ4v) is 2.75. The van der Waals surface area contributed by atoms with Crippen molar-refractivity contribution in [3.8, 4) is 5.69 Å². The molecule has 0 bridgehead atoms. The summed E-state index contributed by atoms with van der Waals surface area (Å²) >= 11 is 0. The third kappa shape index (κ3) is 1.93. The van der Waals surface area contributed by atoms with Gasteiger partial charge in [-0.25, -0.2) is 4.68 Å². The number of nitrogen functional groups attached to an aromatic ring is 1. The summed E-state index contributed by atoms with van der Waals surface area (Å²) in [6.07, 6.45) is 0. The van der Waals surface area contributed by atoms with Gasteiger partial charge in [-0.1, -0.05) is 18.2 Å². The lowest BCUT2D eigenvalue weighted by atomic mass is 10.1. The molecule has 0 fully saturated rings. The van der Waals surface area contributed by atoms with Gasteiger partial charge in [-0.2, -0.15) is 5.10 Å². The zero-order valence-electron chi connectivity index (χ0n) is 12.3. The smallest absolute Gasteiger partial charge is 0.271 e. The molecule has 0 saturated carbocycles. The molecule has 2 heterocycles. The Labute approximate surface area is 134 Å². The standard InChI is InChI=1S/C16H11N5O3/c17-15-13-14(19-20(15)9-4-2-1-3-5-9)11-7-6-10(21(23)24)8-12(11)18-16(13)22/h1-8H,17H2,(H,18,22). The van der Waals surface area contributed by atoms with Crippen LogP contribution in [0.5, 0.6) is 0 Å². The van der Waals surface area contributed by atoms with Gasteiger partial charge in [0, 0.05) is 17.5 Å². The van der Waals surface area contributed by atoms with E-state index in [1.807, 2.05) is 30.3 Å². The molecule has 0 aliphatic heterocycles. The average Bonchev–Trinajstić information content (AvgIpc) is 2.93. The van der Waals surface area contributed by atoms with Gasteiger partial charge in [-0.05, 0) is 18.2 Å². The van der Waals surface area contributed by atoms with E-state index in [1.54, 1.807) is 6.07 Å². The molecule has 4 rings (SSSR count). The molecule has 118 valence electrons. The molecule has 24 heavy (non-hydrogen) atoms. The lowest BCUT2D eigenvalue weighted by molar-refractivity contribution is -0.384. The molecule has 8 heteroatoms. The first-order valence-corrected chi connectivity index (χ1v) is 7.10. The van der Waals surface area contributed by atoms with Crippen molar-refractivity contribution in [2.75, 3.05) is 5.73 Å². The largest absolute Gasteiger partial charge is 0.383 e. The van der Waals surface area contributed by atoms with Gasteiger partial charge >= 0.3 is 0 Å². The van der Waals surface area contributed by atoms with E-state index in [2.05, 4.69) is 10.1 Å². The van der Waals surface area contributed by atoms with E-state index in [-0.39, 0.29) is 16.9 Å². The number of para-hydroxylation sites is 1. The molecule has 0 spiro atoms. The van der Waals surface area contributed by atoms with Crippen LogP contribution in [0.2, 0.25) is 0 Å². The van der Waals surface area contributed by atoms with E-state index in [1.165, 1.54) is 16.8 Å². The SMILES string of the molecule is Nc1c2c(=O)[nH]c3cc([N+](=O)[O-])ccc3c2nn1-c1ccccc1. The number of nitrogens with one attached hydrogen (secondary N) is 1. The minimum absolute atomic E-state index is 0.104. The molecule has 2 aromatic carbocycles. The van der Waals surface area contributed by atoms with Crippen LogP contribution in [0.3, 0.4) is 0 Å². The average molecular weight is 321 g/mol. The number of nitro benzene ring substituents is 1. The van der Waals surface area contributed by atoms with Crippen LogP contribution < -0.4 is 11.3 Å². The van der Waals surface area contributed by atoms with Crippen LogP contribution in [0.1, 0.15) is 0 Å². The second-order valence-electron chi connectivity index (χ2n) is 5.30. The number of rotatable bonds is 2. The number of benzene rings is 2. The van der Waals surface area contributed by atoms with Gasteiger partial charge in [0.1, 0.15) is 16.7 Å². The van der Waals surface area contributed by atoms with E-state index in [0.29, 0.717) is 16.4 Å². The lowest BCUT2D eigenvalue weighted by Crippen LogP contribution is -2.08. The molecule has 0 atom stereocenters. The van der Waals surface area contributed by atoms with Crippen molar-refractivity contribution in [1.29, 1.82) is 0 Å². The van der Waals surface area contributed by atoms with Crippen LogP contribution >= 0.6 is 0 Å². The first kappa shape index (κ1) is 13.9. The molecule has 0 saturated heterocycles. The molecule has 4 aromatic rings. The number of fused-ring (bicyclic) bond motifs is 3. The summed E-state index contributed by atoms with van der Waals surface area (Å²) < 4.78 is 1.49. The molecular formula is C16H11N5O3. The minimum Gasteiger partial charge on any atom is -0.383 e. The van der Waals surface area contributed by atoms with Crippen molar-refractivity contribution < 1.29 is 4.92 Å². The Hall–Kier alpha value is -3.68. The number of non-ortho nitro benzene ring substituents is 1. The van der Waals surface area contributed by atoms with Crippen molar-refractivity contribution >= 4 is 33.3 Å². The van der Waals surface area contributed by atoms with E-state index in [4.69, 9.17) is 5.73 Å². The van der Waals surface area contributed by atoms with Gasteiger partial charge in [0.05, 0.1) is 16.1 Å². The molecule has 2 aromatic heterocycles. The Kier molecular flexibility index (Phi) is 2.86. The van der Waals surface area contributed by atoms with Crippen LogP contribution in [0.4, 0.5) is 11.5 Å². The predicted molar refractivity (Wildman–Crippen MR) is 90.3 cm³/mol. The van der Waals surface area contributed by atoms with Gasteiger partial charge in [-0.15, -0.1) is 0 Å². The second kappa shape index (κ2) is 4.92. The maximum absolute atomic E-state index is 12.4. The zero-order valence-corrected chi connectivity index (χ0v) is 12.3. The normalized spacial score (nSPS) is 11.2. The van der Waals surface area contributed by atoms with Gasteiger partial charge < -0.3 is 10.7 Å². The van der Waals surface area contributed by atoms with E-state index in [9.17, 15) is 14.9 Å². The number of pyridine rings is 1. The number of hydrogen-bond donors (Lipinski definition) is 2. The summed E-state index contributed by atoms with van der Waals surface area (Å²) in [4.78, 5) is 25.4. The molecule has 0 unspecified atom stereocenters. The number of nitrogens with two attached hydrogens (primary N) is 1. The Morgan fingerprint density at radius 3 is 2.62 bits per heavy atom. The van der Waals surface area contributed by atoms with Crippen LogP contribution in [0, 0.1) is 10.1 Å². The second-order valence-corrected chi connectivity index (χ2v) is 5.30. The highest BCUT2D eigenvalue weighted by molar-refractivity contribution is 6.07. The number of nitrogens with zero attached hydrogens (tertiary/aromatic N) is 3. The molecule has 8 nitrogen and oxygen atoms in total. The topological polar surface area (TPSA) is 120 Å². The van der Waals surface area contributed by atoms with E-state index < -0.39 is 10.5 Å². The summed E-state index contributed by atoms with van der Waals surface area (Å²) in [7, 11) is 0. The third-order valence-corrected chi connectivity index (χ3v) is 3.87. The Bertz CT molecular complexity index is 1160. The van der Waals surface area contributed by atoms with Crippen molar-refractivity contribution in [3.05, 3.63) is 69.0 Å². The summed E-state index contributed by atoms with van der Waals surface area (Å²) in [6, 6.07) is 13.4. The Balaban J connectivity index is 2.10. The summed E-state index contributed by atoms with van der Waals surface area (Å²) in [5, 5.41) is 16.2. The Morgan fingerprint density at radius 2 is 1.92 bits per heavy atom. The number of anilines is 1. The van der Waals surface area contributed by atoms with Crippen molar-refractivity contribution in [2.24, 2.45) is 0 Å². The van der Waals surface area contributed by atoms with Gasteiger partial charge in [0.25, 0.3) is 11.2 Å². The fourth-order valence-electron chi connectivity index (χ4n) is 2.75. The third-order valence-electron chi connectivity index (χ3n) is 3.87. The molecule has 0 amide bonds. The highest BCUT2D eigenvalue weighted by Crippen LogP contribution is 2.28. The van der Waals surface area contributed by atoms with E-state index in [0.717, 1.165) is 5.69 Å². The van der Waals surface area contributed by atoms with Gasteiger partial charge in [0.15, 0.2) is 0 Å². The molecule has 3 N–H and O–H groups in total. The van der Waals surface area contributed by atoms with E-state index >= 15 is 0 Å². The maximum Gasteiger partial charge on any atom is 0.271 e. The minimum atomic E-state index is -0.515. The molecule has 0 aliphatic rings. The van der Waals surface area contributed by atoms with Crippen LogP contribution in [0.15, 0.2) is 53.3 Å². The van der Waals surface area contributed by atoms with Crippen LogP contribution in [0.25, 0.3) is 27.5 Å². The van der Waals surface area contributed by atoms with Crippen molar-refractivity contribution in [3.63, 3.8) is 0 Å². The van der Waals surface area contributed by atoms with Crippen LogP contribution in [-0.2, 0) is 0 Å². The van der Waals surface area contributed by atoms with Crippen LogP contribution in [-0.4, -0.2) is 19.7 Å².